The summed E-state index contributed by atoms with van der Waals surface area (Å²) in [5.41, 5.74) is 0. The Kier molecular flexibility index (Phi) is 1.78. The fraction of sp³-hybridized carbons (Fsp3) is 0. The van der Waals surface area contributed by atoms with Crippen molar-refractivity contribution in [2.45, 2.75) is 0 Å². The Morgan fingerprint density at radius 3 is 1.25 bits per heavy atom. The summed E-state index contributed by atoms with van der Waals surface area (Å²) in [5.74, 6) is 0. The summed E-state index contributed by atoms with van der Waals surface area (Å²) >= 11 is 0. The Morgan fingerprint density at radius 2 is 0.800 bits per heavy atom. The van der Waals surface area contributed by atoms with Crippen molar-refractivity contribution >= 4 is 43.1 Å². The number of benzene rings is 6. The SMILES string of the molecule is c1ccc2cc3cc4c5ccc(cc5)c4cc3cc2c1. The lowest BCUT2D eigenvalue weighted by molar-refractivity contribution is 1.78. The molecule has 0 atom stereocenters. The standard InChI is InChI=1S/C20H12/c1-2-4-16-10-18-12-20-14-7-5-13(6-8-14)19(20)11-17(18)9-15(16)3-1/h1-12H. The van der Waals surface area contributed by atoms with E-state index in [1.807, 2.05) is 0 Å². The van der Waals surface area contributed by atoms with Gasteiger partial charge in [0.05, 0.1) is 0 Å². The average Bonchev–Trinajstić information content (AvgIpc) is 2.52. The lowest BCUT2D eigenvalue weighted by Crippen LogP contribution is -1.82. The molecule has 0 heterocycles. The van der Waals surface area contributed by atoms with Crippen LogP contribution >= 0.6 is 0 Å². The molecule has 0 spiro atoms. The van der Waals surface area contributed by atoms with Gasteiger partial charge in [-0.05, 0) is 67.4 Å². The first-order valence-electron chi connectivity index (χ1n) is 6.96. The molecular formula is C20H12. The summed E-state index contributed by atoms with van der Waals surface area (Å²) in [6.45, 7) is 0. The van der Waals surface area contributed by atoms with Crippen LogP contribution in [0.4, 0.5) is 0 Å². The highest BCUT2D eigenvalue weighted by molar-refractivity contribution is 6.15. The van der Waals surface area contributed by atoms with Gasteiger partial charge in [0.15, 0.2) is 0 Å². The Bertz CT molecular complexity index is 979. The van der Waals surface area contributed by atoms with E-state index in [2.05, 4.69) is 72.8 Å². The van der Waals surface area contributed by atoms with Crippen LogP contribution in [-0.4, -0.2) is 0 Å². The van der Waals surface area contributed by atoms with Crippen LogP contribution in [0.25, 0.3) is 43.1 Å². The molecule has 0 aromatic heterocycles. The topological polar surface area (TPSA) is 0 Å². The molecule has 0 radical (unpaired) electrons. The summed E-state index contributed by atoms with van der Waals surface area (Å²) in [5, 5.41) is 10.7. The maximum Gasteiger partial charge on any atom is -0.00990 e. The fourth-order valence-corrected chi connectivity index (χ4v) is 3.30. The lowest BCUT2D eigenvalue weighted by atomic mass is 9.95. The van der Waals surface area contributed by atoms with Crippen LogP contribution in [0.2, 0.25) is 0 Å². The van der Waals surface area contributed by atoms with Crippen molar-refractivity contribution < 1.29 is 0 Å². The highest BCUT2D eigenvalue weighted by Gasteiger charge is 2.05. The largest absolute Gasteiger partial charge is 0.0616 e. The molecule has 0 unspecified atom stereocenters. The summed E-state index contributed by atoms with van der Waals surface area (Å²) in [4.78, 5) is 0. The van der Waals surface area contributed by atoms with E-state index in [1.54, 1.807) is 0 Å². The summed E-state index contributed by atoms with van der Waals surface area (Å²) < 4.78 is 0. The molecule has 0 N–H and O–H groups in total. The molecule has 0 aliphatic carbocycles. The maximum absolute atomic E-state index is 2.33. The summed E-state index contributed by atoms with van der Waals surface area (Å²) in [6, 6.07) is 26.7. The van der Waals surface area contributed by atoms with Gasteiger partial charge < -0.3 is 0 Å². The molecule has 0 heteroatoms. The third-order valence-corrected chi connectivity index (χ3v) is 4.35. The minimum absolute atomic E-state index is 1.31. The molecule has 2 bridgehead atoms. The van der Waals surface area contributed by atoms with Gasteiger partial charge in [0.2, 0.25) is 0 Å². The molecule has 0 fully saturated rings. The van der Waals surface area contributed by atoms with Crippen molar-refractivity contribution in [3.8, 4) is 0 Å². The van der Waals surface area contributed by atoms with Crippen molar-refractivity contribution in [1.82, 2.24) is 0 Å². The van der Waals surface area contributed by atoms with E-state index in [9.17, 15) is 0 Å². The van der Waals surface area contributed by atoms with Crippen LogP contribution in [0, 0.1) is 0 Å². The van der Waals surface area contributed by atoms with Gasteiger partial charge in [-0.2, -0.15) is 0 Å². The van der Waals surface area contributed by atoms with E-state index in [1.165, 1.54) is 43.1 Å². The van der Waals surface area contributed by atoms with E-state index < -0.39 is 0 Å². The third kappa shape index (κ3) is 1.26. The van der Waals surface area contributed by atoms with Crippen molar-refractivity contribution in [2.24, 2.45) is 0 Å². The highest BCUT2D eigenvalue weighted by atomic mass is 14.1. The quantitative estimate of drug-likeness (QED) is 0.308. The number of hydrogen-bond donors (Lipinski definition) is 0. The van der Waals surface area contributed by atoms with E-state index in [4.69, 9.17) is 0 Å². The van der Waals surface area contributed by atoms with Crippen molar-refractivity contribution in [3.05, 3.63) is 72.8 Å². The molecule has 0 nitrogen and oxygen atoms in total. The Hall–Kier alpha value is -2.60. The molecule has 92 valence electrons. The van der Waals surface area contributed by atoms with Crippen molar-refractivity contribution in [2.75, 3.05) is 0 Å². The fourth-order valence-electron chi connectivity index (χ4n) is 3.30. The van der Waals surface area contributed by atoms with Crippen molar-refractivity contribution in [1.29, 1.82) is 0 Å². The van der Waals surface area contributed by atoms with Crippen LogP contribution in [0.15, 0.2) is 72.8 Å². The Balaban J connectivity index is 2.04. The molecular weight excluding hydrogens is 240 g/mol. The molecule has 20 heavy (non-hydrogen) atoms. The van der Waals surface area contributed by atoms with Gasteiger partial charge in [-0.15, -0.1) is 0 Å². The van der Waals surface area contributed by atoms with Gasteiger partial charge in [0.1, 0.15) is 0 Å². The number of hydrogen-bond acceptors (Lipinski definition) is 0. The molecule has 0 aliphatic rings. The average molecular weight is 252 g/mol. The second-order valence-corrected chi connectivity index (χ2v) is 5.52. The molecule has 0 amide bonds. The first-order valence-corrected chi connectivity index (χ1v) is 6.96. The lowest BCUT2D eigenvalue weighted by Gasteiger charge is -2.09. The Labute approximate surface area is 116 Å². The molecule has 0 aliphatic heterocycles. The second-order valence-electron chi connectivity index (χ2n) is 5.52. The number of fused-ring (bicyclic) bond motifs is 4. The molecule has 6 aromatic rings. The van der Waals surface area contributed by atoms with Crippen LogP contribution in [-0.2, 0) is 0 Å². The van der Waals surface area contributed by atoms with Gasteiger partial charge in [0.25, 0.3) is 0 Å². The second kappa shape index (κ2) is 3.49. The van der Waals surface area contributed by atoms with E-state index >= 15 is 0 Å². The minimum Gasteiger partial charge on any atom is -0.0616 e. The van der Waals surface area contributed by atoms with Gasteiger partial charge in [0, 0.05) is 0 Å². The number of rotatable bonds is 0. The zero-order chi connectivity index (χ0) is 13.1. The molecule has 0 saturated carbocycles. The van der Waals surface area contributed by atoms with Crippen LogP contribution < -0.4 is 0 Å². The molecule has 6 rings (SSSR count). The molecule has 0 saturated heterocycles. The van der Waals surface area contributed by atoms with Crippen LogP contribution in [0.5, 0.6) is 0 Å². The molecule has 6 aromatic carbocycles. The first-order chi connectivity index (χ1) is 9.88. The van der Waals surface area contributed by atoms with Crippen LogP contribution in [0.1, 0.15) is 0 Å². The van der Waals surface area contributed by atoms with Gasteiger partial charge in [-0.1, -0.05) is 48.5 Å². The minimum atomic E-state index is 1.31. The third-order valence-electron chi connectivity index (χ3n) is 4.35. The van der Waals surface area contributed by atoms with Crippen LogP contribution in [0.3, 0.4) is 0 Å². The van der Waals surface area contributed by atoms with Gasteiger partial charge >= 0.3 is 0 Å². The van der Waals surface area contributed by atoms with E-state index in [0.717, 1.165) is 0 Å². The maximum atomic E-state index is 2.33. The predicted octanol–water partition coefficient (Wildman–Crippen LogP) is 5.74. The predicted molar refractivity (Wildman–Crippen MR) is 87.7 cm³/mol. The zero-order valence-electron chi connectivity index (χ0n) is 10.9. The van der Waals surface area contributed by atoms with Gasteiger partial charge in [-0.3, -0.25) is 0 Å². The van der Waals surface area contributed by atoms with E-state index in [0.29, 0.717) is 0 Å². The summed E-state index contributed by atoms with van der Waals surface area (Å²) in [6.07, 6.45) is 0. The zero-order valence-corrected chi connectivity index (χ0v) is 10.9. The normalized spacial score (nSPS) is 12.0. The monoisotopic (exact) mass is 252 g/mol. The van der Waals surface area contributed by atoms with Gasteiger partial charge in [-0.25, -0.2) is 0 Å². The Morgan fingerprint density at radius 1 is 0.350 bits per heavy atom. The van der Waals surface area contributed by atoms with Crippen molar-refractivity contribution in [3.63, 3.8) is 0 Å². The first kappa shape index (κ1) is 10.2. The van der Waals surface area contributed by atoms with E-state index in [-0.39, 0.29) is 0 Å². The summed E-state index contributed by atoms with van der Waals surface area (Å²) in [7, 11) is 0. The smallest absolute Gasteiger partial charge is 0.00990 e. The highest BCUT2D eigenvalue weighted by Crippen LogP contribution is 2.33.